The van der Waals surface area contributed by atoms with Gasteiger partial charge < -0.3 is 5.73 Å². The van der Waals surface area contributed by atoms with E-state index in [0.717, 1.165) is 27.6 Å². The van der Waals surface area contributed by atoms with Crippen LogP contribution in [0.5, 0.6) is 0 Å². The van der Waals surface area contributed by atoms with Gasteiger partial charge in [-0.25, -0.2) is 0 Å². The molecule has 0 aliphatic carbocycles. The van der Waals surface area contributed by atoms with Gasteiger partial charge in [-0.05, 0) is 41.8 Å². The SMILES string of the molecule is Cl.NC(Cc1cccc(Cl)c1)c1ccc(Cl)cc1. The molecule has 0 amide bonds. The molecule has 2 aromatic carbocycles. The van der Waals surface area contributed by atoms with Crippen molar-refractivity contribution in [3.05, 3.63) is 69.7 Å². The van der Waals surface area contributed by atoms with Crippen LogP contribution in [0.15, 0.2) is 48.5 Å². The first-order valence-corrected chi connectivity index (χ1v) is 6.16. The van der Waals surface area contributed by atoms with Crippen molar-refractivity contribution in [1.29, 1.82) is 0 Å². The Balaban J connectivity index is 0.00000162. The minimum absolute atomic E-state index is 0. The predicted octanol–water partition coefficient (Wildman–Crippen LogP) is 4.66. The first-order chi connectivity index (χ1) is 8.15. The molecule has 0 spiro atoms. The third kappa shape index (κ3) is 4.18. The van der Waals surface area contributed by atoms with E-state index in [0.29, 0.717) is 0 Å². The highest BCUT2D eigenvalue weighted by Gasteiger charge is 2.07. The summed E-state index contributed by atoms with van der Waals surface area (Å²) in [6.45, 7) is 0. The van der Waals surface area contributed by atoms with E-state index in [-0.39, 0.29) is 18.4 Å². The average Bonchev–Trinajstić information content (AvgIpc) is 2.29. The normalized spacial score (nSPS) is 11.7. The zero-order valence-corrected chi connectivity index (χ0v) is 12.0. The van der Waals surface area contributed by atoms with Crippen LogP contribution in [0.2, 0.25) is 10.0 Å². The third-order valence-electron chi connectivity index (χ3n) is 2.64. The molecule has 96 valence electrons. The molecule has 0 heterocycles. The average molecular weight is 303 g/mol. The summed E-state index contributed by atoms with van der Waals surface area (Å²) in [7, 11) is 0. The molecule has 0 fully saturated rings. The summed E-state index contributed by atoms with van der Waals surface area (Å²) in [5.74, 6) is 0. The van der Waals surface area contributed by atoms with E-state index >= 15 is 0 Å². The Bertz CT molecular complexity index is 497. The Morgan fingerprint density at radius 1 is 0.944 bits per heavy atom. The number of nitrogens with two attached hydrogens (primary N) is 1. The molecule has 0 aliphatic rings. The van der Waals surface area contributed by atoms with E-state index < -0.39 is 0 Å². The summed E-state index contributed by atoms with van der Waals surface area (Å²) in [5.41, 5.74) is 8.36. The maximum Gasteiger partial charge on any atom is 0.0408 e. The van der Waals surface area contributed by atoms with E-state index in [4.69, 9.17) is 28.9 Å². The maximum absolute atomic E-state index is 6.14. The summed E-state index contributed by atoms with van der Waals surface area (Å²) in [5, 5.41) is 1.47. The zero-order valence-electron chi connectivity index (χ0n) is 9.64. The third-order valence-corrected chi connectivity index (χ3v) is 3.13. The number of benzene rings is 2. The fourth-order valence-electron chi connectivity index (χ4n) is 1.75. The van der Waals surface area contributed by atoms with Crippen LogP contribution >= 0.6 is 35.6 Å². The summed E-state index contributed by atoms with van der Waals surface area (Å²) in [6, 6.07) is 15.4. The number of rotatable bonds is 3. The highest BCUT2D eigenvalue weighted by atomic mass is 35.5. The molecule has 1 unspecified atom stereocenters. The number of hydrogen-bond donors (Lipinski definition) is 1. The molecule has 0 saturated carbocycles. The van der Waals surface area contributed by atoms with E-state index in [1.54, 1.807) is 0 Å². The highest BCUT2D eigenvalue weighted by molar-refractivity contribution is 6.30. The van der Waals surface area contributed by atoms with E-state index in [1.807, 2.05) is 48.5 Å². The van der Waals surface area contributed by atoms with Crippen LogP contribution in [0, 0.1) is 0 Å². The second kappa shape index (κ2) is 7.01. The van der Waals surface area contributed by atoms with Gasteiger partial charge in [0.1, 0.15) is 0 Å². The summed E-state index contributed by atoms with van der Waals surface area (Å²) in [4.78, 5) is 0. The lowest BCUT2D eigenvalue weighted by Crippen LogP contribution is -2.13. The molecule has 0 aromatic heterocycles. The summed E-state index contributed by atoms with van der Waals surface area (Å²) in [6.07, 6.45) is 0.766. The molecule has 0 bridgehead atoms. The predicted molar refractivity (Wildman–Crippen MR) is 80.8 cm³/mol. The maximum atomic E-state index is 6.14. The minimum atomic E-state index is -0.0364. The van der Waals surface area contributed by atoms with Gasteiger partial charge in [0.05, 0.1) is 0 Å². The fraction of sp³-hybridized carbons (Fsp3) is 0.143. The Morgan fingerprint density at radius 2 is 1.61 bits per heavy atom. The first-order valence-electron chi connectivity index (χ1n) is 5.40. The van der Waals surface area contributed by atoms with Crippen molar-refractivity contribution in [1.82, 2.24) is 0 Å². The van der Waals surface area contributed by atoms with Gasteiger partial charge in [0.15, 0.2) is 0 Å². The Hall–Kier alpha value is -0.730. The van der Waals surface area contributed by atoms with E-state index in [1.165, 1.54) is 0 Å². The number of halogens is 3. The monoisotopic (exact) mass is 301 g/mol. The Kier molecular flexibility index (Phi) is 5.97. The van der Waals surface area contributed by atoms with Crippen molar-refractivity contribution in [2.75, 3.05) is 0 Å². The van der Waals surface area contributed by atoms with Gasteiger partial charge in [0, 0.05) is 16.1 Å². The fourth-order valence-corrected chi connectivity index (χ4v) is 2.08. The van der Waals surface area contributed by atoms with Crippen molar-refractivity contribution in [3.8, 4) is 0 Å². The summed E-state index contributed by atoms with van der Waals surface area (Å²) >= 11 is 11.8. The van der Waals surface area contributed by atoms with Gasteiger partial charge in [-0.2, -0.15) is 0 Å². The lowest BCUT2D eigenvalue weighted by Gasteiger charge is -2.12. The van der Waals surface area contributed by atoms with Crippen LogP contribution in [-0.4, -0.2) is 0 Å². The van der Waals surface area contributed by atoms with Crippen molar-refractivity contribution in [2.24, 2.45) is 5.73 Å². The second-order valence-electron chi connectivity index (χ2n) is 3.99. The van der Waals surface area contributed by atoms with Crippen molar-refractivity contribution < 1.29 is 0 Å². The van der Waals surface area contributed by atoms with Crippen LogP contribution in [0.1, 0.15) is 17.2 Å². The lowest BCUT2D eigenvalue weighted by atomic mass is 10.00. The molecule has 2 N–H and O–H groups in total. The topological polar surface area (TPSA) is 26.0 Å². The van der Waals surface area contributed by atoms with Crippen LogP contribution < -0.4 is 5.73 Å². The molecule has 2 aromatic rings. The minimum Gasteiger partial charge on any atom is -0.324 e. The van der Waals surface area contributed by atoms with E-state index in [2.05, 4.69) is 0 Å². The van der Waals surface area contributed by atoms with Gasteiger partial charge in [-0.1, -0.05) is 47.5 Å². The lowest BCUT2D eigenvalue weighted by molar-refractivity contribution is 0.722. The van der Waals surface area contributed by atoms with Crippen molar-refractivity contribution in [2.45, 2.75) is 12.5 Å². The highest BCUT2D eigenvalue weighted by Crippen LogP contribution is 2.20. The Labute approximate surface area is 123 Å². The Morgan fingerprint density at radius 3 is 2.22 bits per heavy atom. The molecule has 0 saturated heterocycles. The van der Waals surface area contributed by atoms with Gasteiger partial charge in [-0.3, -0.25) is 0 Å². The van der Waals surface area contributed by atoms with Crippen LogP contribution in [-0.2, 0) is 6.42 Å². The molecular weight excluding hydrogens is 289 g/mol. The van der Waals surface area contributed by atoms with E-state index in [9.17, 15) is 0 Å². The summed E-state index contributed by atoms with van der Waals surface area (Å²) < 4.78 is 0. The number of hydrogen-bond acceptors (Lipinski definition) is 1. The first kappa shape index (κ1) is 15.3. The quantitative estimate of drug-likeness (QED) is 0.877. The van der Waals surface area contributed by atoms with Crippen LogP contribution in [0.4, 0.5) is 0 Å². The van der Waals surface area contributed by atoms with Crippen LogP contribution in [0.25, 0.3) is 0 Å². The largest absolute Gasteiger partial charge is 0.324 e. The molecule has 0 aliphatic heterocycles. The van der Waals surface area contributed by atoms with Crippen LogP contribution in [0.3, 0.4) is 0 Å². The molecule has 1 atom stereocenters. The second-order valence-corrected chi connectivity index (χ2v) is 4.86. The molecular formula is C14H14Cl3N. The van der Waals surface area contributed by atoms with Gasteiger partial charge in [0.25, 0.3) is 0 Å². The van der Waals surface area contributed by atoms with Crippen molar-refractivity contribution in [3.63, 3.8) is 0 Å². The molecule has 4 heteroatoms. The molecule has 2 rings (SSSR count). The molecule has 1 nitrogen and oxygen atoms in total. The smallest absolute Gasteiger partial charge is 0.0408 e. The van der Waals surface area contributed by atoms with Gasteiger partial charge in [-0.15, -0.1) is 12.4 Å². The molecule has 18 heavy (non-hydrogen) atoms. The molecule has 0 radical (unpaired) electrons. The standard InChI is InChI=1S/C14H13Cl2N.ClH/c15-12-6-4-11(5-7-12)14(17)9-10-2-1-3-13(16)8-10;/h1-8,14H,9,17H2;1H. The van der Waals surface area contributed by atoms with Gasteiger partial charge >= 0.3 is 0 Å². The van der Waals surface area contributed by atoms with Gasteiger partial charge in [0.2, 0.25) is 0 Å². The zero-order chi connectivity index (χ0) is 12.3. The van der Waals surface area contributed by atoms with Crippen molar-refractivity contribution >= 4 is 35.6 Å².